The number of fused-ring (bicyclic) bond motifs is 1. The highest BCUT2D eigenvalue weighted by molar-refractivity contribution is 5.80. The first-order chi connectivity index (χ1) is 8.27. The highest BCUT2D eigenvalue weighted by atomic mass is 15.1. The minimum atomic E-state index is 0.413. The van der Waals surface area contributed by atoms with Gasteiger partial charge in [-0.25, -0.2) is 19.9 Å². The Kier molecular flexibility index (Phi) is 2.01. The van der Waals surface area contributed by atoms with Crippen LogP contribution in [0.1, 0.15) is 5.69 Å². The van der Waals surface area contributed by atoms with Crippen molar-refractivity contribution in [3.63, 3.8) is 0 Å². The summed E-state index contributed by atoms with van der Waals surface area (Å²) in [6, 6.07) is 0. The van der Waals surface area contributed by atoms with Crippen molar-refractivity contribution in [1.82, 2.24) is 24.3 Å². The number of rotatable bonds is 1. The Bertz CT molecular complexity index is 687. The third-order valence-electron chi connectivity index (χ3n) is 2.69. The Morgan fingerprint density at radius 3 is 2.76 bits per heavy atom. The standard InChI is InChI=1S/C11H10N6/c1-7-8(2-13-5-16-7)9-3-15-11(12)17-6-14-4-10(9)17/h2-6H,1H3,(H2,12,15). The van der Waals surface area contributed by atoms with Gasteiger partial charge in [0.05, 0.1) is 11.7 Å². The zero-order chi connectivity index (χ0) is 11.8. The van der Waals surface area contributed by atoms with Gasteiger partial charge in [-0.15, -0.1) is 0 Å². The van der Waals surface area contributed by atoms with E-state index >= 15 is 0 Å². The number of nitrogens with two attached hydrogens (primary N) is 1. The van der Waals surface area contributed by atoms with Crippen LogP contribution >= 0.6 is 0 Å². The van der Waals surface area contributed by atoms with E-state index in [1.807, 2.05) is 6.92 Å². The van der Waals surface area contributed by atoms with Crippen LogP contribution in [-0.2, 0) is 0 Å². The molecule has 0 fully saturated rings. The molecule has 3 heterocycles. The van der Waals surface area contributed by atoms with Crippen molar-refractivity contribution >= 4 is 11.5 Å². The van der Waals surface area contributed by atoms with E-state index in [9.17, 15) is 0 Å². The molecule has 6 nitrogen and oxygen atoms in total. The smallest absolute Gasteiger partial charge is 0.206 e. The fourth-order valence-corrected chi connectivity index (χ4v) is 1.80. The molecule has 0 aliphatic carbocycles. The molecule has 0 radical (unpaired) electrons. The van der Waals surface area contributed by atoms with Gasteiger partial charge in [-0.3, -0.25) is 4.40 Å². The molecule has 0 saturated carbocycles. The van der Waals surface area contributed by atoms with Crippen molar-refractivity contribution < 1.29 is 0 Å². The van der Waals surface area contributed by atoms with Gasteiger partial charge in [0.2, 0.25) is 5.95 Å². The molecular formula is C11H10N6. The zero-order valence-electron chi connectivity index (χ0n) is 9.20. The van der Waals surface area contributed by atoms with Crippen LogP contribution in [0.5, 0.6) is 0 Å². The largest absolute Gasteiger partial charge is 0.369 e. The maximum atomic E-state index is 5.77. The molecular weight excluding hydrogens is 216 g/mol. The molecule has 3 aromatic heterocycles. The van der Waals surface area contributed by atoms with Crippen LogP contribution in [0.4, 0.5) is 5.95 Å². The predicted octanol–water partition coefficient (Wildman–Crippen LogP) is 1.08. The molecule has 0 amide bonds. The van der Waals surface area contributed by atoms with Crippen molar-refractivity contribution in [2.45, 2.75) is 6.92 Å². The van der Waals surface area contributed by atoms with Crippen LogP contribution in [0.15, 0.2) is 31.2 Å². The number of aryl methyl sites for hydroxylation is 1. The first-order valence-electron chi connectivity index (χ1n) is 5.11. The minimum Gasteiger partial charge on any atom is -0.369 e. The van der Waals surface area contributed by atoms with E-state index in [1.54, 1.807) is 29.3 Å². The lowest BCUT2D eigenvalue weighted by atomic mass is 10.1. The Morgan fingerprint density at radius 1 is 1.06 bits per heavy atom. The average molecular weight is 226 g/mol. The molecule has 0 unspecified atom stereocenters. The van der Waals surface area contributed by atoms with Gasteiger partial charge < -0.3 is 5.73 Å². The molecule has 0 bridgehead atoms. The third-order valence-corrected chi connectivity index (χ3v) is 2.69. The molecule has 0 aliphatic heterocycles. The first-order valence-corrected chi connectivity index (χ1v) is 5.11. The molecule has 0 aliphatic rings. The summed E-state index contributed by atoms with van der Waals surface area (Å²) in [4.78, 5) is 16.4. The van der Waals surface area contributed by atoms with Crippen LogP contribution < -0.4 is 5.73 Å². The van der Waals surface area contributed by atoms with Crippen molar-refractivity contribution in [2.24, 2.45) is 0 Å². The Labute approximate surface area is 97.2 Å². The number of nitrogen functional groups attached to an aromatic ring is 1. The lowest BCUT2D eigenvalue weighted by molar-refractivity contribution is 1.08. The molecule has 6 heteroatoms. The van der Waals surface area contributed by atoms with Crippen LogP contribution in [0.2, 0.25) is 0 Å². The summed E-state index contributed by atoms with van der Waals surface area (Å²) in [5.41, 5.74) is 9.42. The number of hydrogen-bond donors (Lipinski definition) is 1. The third kappa shape index (κ3) is 1.42. The maximum Gasteiger partial charge on any atom is 0.206 e. The monoisotopic (exact) mass is 226 g/mol. The van der Waals surface area contributed by atoms with E-state index in [1.165, 1.54) is 6.33 Å². The van der Waals surface area contributed by atoms with Gasteiger partial charge in [0.15, 0.2) is 0 Å². The van der Waals surface area contributed by atoms with Crippen molar-refractivity contribution in [1.29, 1.82) is 0 Å². The van der Waals surface area contributed by atoms with E-state index in [-0.39, 0.29) is 0 Å². The lowest BCUT2D eigenvalue weighted by Crippen LogP contribution is -2.01. The van der Waals surface area contributed by atoms with Crippen molar-refractivity contribution in [3.8, 4) is 11.1 Å². The van der Waals surface area contributed by atoms with Gasteiger partial charge in [0, 0.05) is 29.2 Å². The molecule has 0 atom stereocenters. The maximum absolute atomic E-state index is 5.77. The molecule has 2 N–H and O–H groups in total. The Balaban J connectivity index is 2.35. The van der Waals surface area contributed by atoms with E-state index in [2.05, 4.69) is 19.9 Å². The number of aromatic nitrogens is 5. The number of anilines is 1. The van der Waals surface area contributed by atoms with Gasteiger partial charge in [-0.05, 0) is 6.92 Å². The zero-order valence-corrected chi connectivity index (χ0v) is 9.20. The predicted molar refractivity (Wildman–Crippen MR) is 63.2 cm³/mol. The summed E-state index contributed by atoms with van der Waals surface area (Å²) < 4.78 is 1.74. The molecule has 0 spiro atoms. The fourth-order valence-electron chi connectivity index (χ4n) is 1.80. The number of nitrogens with zero attached hydrogens (tertiary/aromatic N) is 5. The second-order valence-electron chi connectivity index (χ2n) is 3.70. The molecule has 3 aromatic rings. The molecule has 0 aromatic carbocycles. The SMILES string of the molecule is Cc1ncncc1-c1cnc(N)n2cncc12. The summed E-state index contributed by atoms with van der Waals surface area (Å²) in [6.45, 7) is 1.93. The summed E-state index contributed by atoms with van der Waals surface area (Å²) in [5, 5.41) is 0. The number of hydrogen-bond acceptors (Lipinski definition) is 5. The van der Waals surface area contributed by atoms with E-state index in [0.717, 1.165) is 22.3 Å². The van der Waals surface area contributed by atoms with Gasteiger partial charge in [0.25, 0.3) is 0 Å². The van der Waals surface area contributed by atoms with E-state index < -0.39 is 0 Å². The summed E-state index contributed by atoms with van der Waals surface area (Å²) in [5.74, 6) is 0.413. The second-order valence-corrected chi connectivity index (χ2v) is 3.70. The topological polar surface area (TPSA) is 82.0 Å². The Morgan fingerprint density at radius 2 is 1.94 bits per heavy atom. The highest BCUT2D eigenvalue weighted by Gasteiger charge is 2.10. The van der Waals surface area contributed by atoms with Gasteiger partial charge >= 0.3 is 0 Å². The second kappa shape index (κ2) is 3.51. The lowest BCUT2D eigenvalue weighted by Gasteiger charge is -2.07. The normalized spacial score (nSPS) is 10.9. The van der Waals surface area contributed by atoms with E-state index in [4.69, 9.17) is 5.73 Å². The average Bonchev–Trinajstić information content (AvgIpc) is 2.81. The minimum absolute atomic E-state index is 0.413. The first kappa shape index (κ1) is 9.71. The van der Waals surface area contributed by atoms with Crippen molar-refractivity contribution in [2.75, 3.05) is 5.73 Å². The Hall–Kier alpha value is -2.50. The summed E-state index contributed by atoms with van der Waals surface area (Å²) in [6.07, 6.45) is 8.40. The molecule has 3 rings (SSSR count). The van der Waals surface area contributed by atoms with Crippen LogP contribution in [0.3, 0.4) is 0 Å². The fraction of sp³-hybridized carbons (Fsp3) is 0.0909. The van der Waals surface area contributed by atoms with Gasteiger partial charge in [-0.1, -0.05) is 0 Å². The number of imidazole rings is 1. The van der Waals surface area contributed by atoms with Crippen LogP contribution in [-0.4, -0.2) is 24.3 Å². The van der Waals surface area contributed by atoms with Crippen LogP contribution in [0, 0.1) is 6.92 Å². The van der Waals surface area contributed by atoms with E-state index in [0.29, 0.717) is 5.95 Å². The van der Waals surface area contributed by atoms with Crippen molar-refractivity contribution in [3.05, 3.63) is 36.9 Å². The van der Waals surface area contributed by atoms with Crippen LogP contribution in [0.25, 0.3) is 16.6 Å². The summed E-state index contributed by atoms with van der Waals surface area (Å²) >= 11 is 0. The molecule has 17 heavy (non-hydrogen) atoms. The van der Waals surface area contributed by atoms with Gasteiger partial charge in [0.1, 0.15) is 12.7 Å². The molecule has 84 valence electrons. The quantitative estimate of drug-likeness (QED) is 0.671. The van der Waals surface area contributed by atoms with Gasteiger partial charge in [-0.2, -0.15) is 0 Å². The highest BCUT2D eigenvalue weighted by Crippen LogP contribution is 2.25. The molecule has 0 saturated heterocycles. The summed E-state index contributed by atoms with van der Waals surface area (Å²) in [7, 11) is 0.